The lowest BCUT2D eigenvalue weighted by Gasteiger charge is -2.28. The predicted molar refractivity (Wildman–Crippen MR) is 58.8 cm³/mol. The van der Waals surface area contributed by atoms with Crippen molar-refractivity contribution in [3.05, 3.63) is 12.3 Å². The summed E-state index contributed by atoms with van der Waals surface area (Å²) in [7, 11) is -2.07. The molecule has 0 N–H and O–H groups in total. The molecule has 0 unspecified atom stereocenters. The van der Waals surface area contributed by atoms with Crippen LogP contribution in [0.25, 0.3) is 0 Å². The molecule has 0 aromatic heterocycles. The molecule has 13 heavy (non-hydrogen) atoms. The predicted octanol–water partition coefficient (Wildman–Crippen LogP) is 2.88. The third-order valence-electron chi connectivity index (χ3n) is 1.78. The Morgan fingerprint density at radius 3 is 1.92 bits per heavy atom. The van der Waals surface area contributed by atoms with Gasteiger partial charge in [-0.15, -0.1) is 6.58 Å². The Kier molecular flexibility index (Phi) is 6.29. The van der Waals surface area contributed by atoms with E-state index in [1.807, 2.05) is 19.5 Å². The average molecular weight is 202 g/mol. The van der Waals surface area contributed by atoms with E-state index in [1.165, 1.54) is 0 Å². The standard InChI is InChI=1S/C10H22O2Si/c1-6-11-13(8-3,12-7-2)9-10(4)5/h8,10H,3,6-7,9H2,1-2,4-5H3. The quantitative estimate of drug-likeness (QED) is 0.591. The molecule has 0 amide bonds. The molecule has 0 fully saturated rings. The Labute approximate surface area is 83.2 Å². The molecule has 3 heteroatoms. The summed E-state index contributed by atoms with van der Waals surface area (Å²) >= 11 is 0. The lowest BCUT2D eigenvalue weighted by atomic mass is 10.3. The zero-order valence-electron chi connectivity index (χ0n) is 9.30. The van der Waals surface area contributed by atoms with Crippen molar-refractivity contribution in [1.82, 2.24) is 0 Å². The van der Waals surface area contributed by atoms with Gasteiger partial charge in [0.2, 0.25) is 0 Å². The Hall–Kier alpha value is -0.123. The van der Waals surface area contributed by atoms with Crippen molar-refractivity contribution >= 4 is 8.56 Å². The molecular formula is C10H22O2Si. The molecule has 0 atom stereocenters. The van der Waals surface area contributed by atoms with E-state index in [-0.39, 0.29) is 0 Å². The Morgan fingerprint density at radius 1 is 1.23 bits per heavy atom. The monoisotopic (exact) mass is 202 g/mol. The first-order chi connectivity index (χ1) is 6.10. The molecule has 0 heterocycles. The summed E-state index contributed by atoms with van der Waals surface area (Å²) in [6.07, 6.45) is 0. The molecule has 0 radical (unpaired) electrons. The van der Waals surface area contributed by atoms with E-state index < -0.39 is 8.56 Å². The van der Waals surface area contributed by atoms with Crippen LogP contribution < -0.4 is 0 Å². The average Bonchev–Trinajstić information content (AvgIpc) is 2.04. The highest BCUT2D eigenvalue weighted by molar-refractivity contribution is 6.72. The van der Waals surface area contributed by atoms with Crippen LogP contribution in [-0.4, -0.2) is 21.8 Å². The van der Waals surface area contributed by atoms with Crippen molar-refractivity contribution in [2.75, 3.05) is 13.2 Å². The lowest BCUT2D eigenvalue weighted by molar-refractivity contribution is 0.190. The van der Waals surface area contributed by atoms with Crippen LogP contribution in [0.15, 0.2) is 12.3 Å². The first kappa shape index (κ1) is 12.9. The summed E-state index contributed by atoms with van der Waals surface area (Å²) in [6, 6.07) is 0.998. The molecule has 0 rings (SSSR count). The van der Waals surface area contributed by atoms with Gasteiger partial charge in [0.1, 0.15) is 0 Å². The highest BCUT2D eigenvalue weighted by Gasteiger charge is 2.34. The molecule has 0 aliphatic heterocycles. The minimum absolute atomic E-state index is 0.600. The first-order valence-electron chi connectivity index (χ1n) is 5.01. The van der Waals surface area contributed by atoms with E-state index in [0.717, 1.165) is 6.04 Å². The Morgan fingerprint density at radius 2 is 1.69 bits per heavy atom. The first-order valence-corrected chi connectivity index (χ1v) is 7.11. The number of hydrogen-bond acceptors (Lipinski definition) is 2. The van der Waals surface area contributed by atoms with Crippen LogP contribution in [-0.2, 0) is 8.85 Å². The van der Waals surface area contributed by atoms with E-state index in [0.29, 0.717) is 19.1 Å². The third kappa shape index (κ3) is 4.60. The van der Waals surface area contributed by atoms with Gasteiger partial charge in [0.05, 0.1) is 0 Å². The van der Waals surface area contributed by atoms with E-state index in [4.69, 9.17) is 8.85 Å². The second-order valence-electron chi connectivity index (χ2n) is 3.48. The fourth-order valence-electron chi connectivity index (χ4n) is 1.42. The second kappa shape index (κ2) is 6.35. The summed E-state index contributed by atoms with van der Waals surface area (Å²) in [4.78, 5) is 0. The fourth-order valence-corrected chi connectivity index (χ4v) is 4.26. The lowest BCUT2D eigenvalue weighted by Crippen LogP contribution is -2.41. The van der Waals surface area contributed by atoms with Gasteiger partial charge in [-0.3, -0.25) is 0 Å². The van der Waals surface area contributed by atoms with Gasteiger partial charge in [0, 0.05) is 13.2 Å². The molecule has 0 aliphatic rings. The normalized spacial score (nSPS) is 12.1. The molecule has 0 spiro atoms. The van der Waals surface area contributed by atoms with Gasteiger partial charge in [0.15, 0.2) is 0 Å². The third-order valence-corrected chi connectivity index (χ3v) is 5.34. The SMILES string of the molecule is C=C[Si](CC(C)C)(OCC)OCC. The Bertz CT molecular complexity index is 140. The largest absolute Gasteiger partial charge is 0.392 e. The molecule has 0 saturated carbocycles. The van der Waals surface area contributed by atoms with Crippen LogP contribution in [0.1, 0.15) is 27.7 Å². The molecule has 0 aromatic carbocycles. The van der Waals surface area contributed by atoms with E-state index in [2.05, 4.69) is 20.4 Å². The van der Waals surface area contributed by atoms with Crippen LogP contribution >= 0.6 is 0 Å². The van der Waals surface area contributed by atoms with Gasteiger partial charge < -0.3 is 8.85 Å². The van der Waals surface area contributed by atoms with Crippen LogP contribution in [0.4, 0.5) is 0 Å². The maximum absolute atomic E-state index is 5.73. The van der Waals surface area contributed by atoms with Crippen LogP contribution in [0, 0.1) is 5.92 Å². The van der Waals surface area contributed by atoms with Crippen molar-refractivity contribution in [3.8, 4) is 0 Å². The molecule has 0 aliphatic carbocycles. The van der Waals surface area contributed by atoms with E-state index >= 15 is 0 Å². The molecule has 2 nitrogen and oxygen atoms in total. The van der Waals surface area contributed by atoms with Gasteiger partial charge in [-0.1, -0.05) is 13.8 Å². The summed E-state index contributed by atoms with van der Waals surface area (Å²) in [5.74, 6) is 0.600. The molecule has 0 bridgehead atoms. The summed E-state index contributed by atoms with van der Waals surface area (Å²) in [6.45, 7) is 13.6. The van der Waals surface area contributed by atoms with E-state index in [9.17, 15) is 0 Å². The summed E-state index contributed by atoms with van der Waals surface area (Å²) in [5.41, 5.74) is 1.90. The van der Waals surface area contributed by atoms with Crippen molar-refractivity contribution < 1.29 is 8.85 Å². The van der Waals surface area contributed by atoms with Crippen molar-refractivity contribution in [2.45, 2.75) is 33.7 Å². The highest BCUT2D eigenvalue weighted by atomic mass is 28.4. The van der Waals surface area contributed by atoms with Crippen molar-refractivity contribution in [3.63, 3.8) is 0 Å². The zero-order valence-corrected chi connectivity index (χ0v) is 10.3. The van der Waals surface area contributed by atoms with Crippen LogP contribution in [0.3, 0.4) is 0 Å². The molecule has 0 saturated heterocycles. The van der Waals surface area contributed by atoms with Gasteiger partial charge >= 0.3 is 8.56 Å². The minimum Gasteiger partial charge on any atom is -0.392 e. The number of rotatable bonds is 7. The van der Waals surface area contributed by atoms with Crippen LogP contribution in [0.5, 0.6) is 0 Å². The maximum Gasteiger partial charge on any atom is 0.364 e. The molecular weight excluding hydrogens is 180 g/mol. The summed E-state index contributed by atoms with van der Waals surface area (Å²) < 4.78 is 11.5. The highest BCUT2D eigenvalue weighted by Crippen LogP contribution is 2.20. The molecule has 78 valence electrons. The zero-order chi connectivity index (χ0) is 10.3. The van der Waals surface area contributed by atoms with Crippen molar-refractivity contribution in [2.24, 2.45) is 5.92 Å². The Balaban J connectivity index is 4.33. The molecule has 0 aromatic rings. The second-order valence-corrected chi connectivity index (χ2v) is 6.50. The fraction of sp³-hybridized carbons (Fsp3) is 0.800. The topological polar surface area (TPSA) is 18.5 Å². The maximum atomic E-state index is 5.73. The van der Waals surface area contributed by atoms with Crippen molar-refractivity contribution in [1.29, 1.82) is 0 Å². The van der Waals surface area contributed by atoms with Gasteiger partial charge in [-0.25, -0.2) is 0 Å². The summed E-state index contributed by atoms with van der Waals surface area (Å²) in [5, 5.41) is 0. The minimum atomic E-state index is -2.07. The van der Waals surface area contributed by atoms with Gasteiger partial charge in [0.25, 0.3) is 0 Å². The van der Waals surface area contributed by atoms with Gasteiger partial charge in [-0.05, 0) is 31.5 Å². The van der Waals surface area contributed by atoms with Gasteiger partial charge in [-0.2, -0.15) is 0 Å². The van der Waals surface area contributed by atoms with E-state index in [1.54, 1.807) is 0 Å². The smallest absolute Gasteiger partial charge is 0.364 e. The van der Waals surface area contributed by atoms with Crippen LogP contribution in [0.2, 0.25) is 6.04 Å². The number of hydrogen-bond donors (Lipinski definition) is 0.